The van der Waals surface area contributed by atoms with Crippen molar-refractivity contribution in [3.05, 3.63) is 29.3 Å². The average Bonchev–Trinajstić information content (AvgIpc) is 2.65. The van der Waals surface area contributed by atoms with Crippen LogP contribution in [0, 0.1) is 13.8 Å². The molecule has 1 N–H and O–H groups in total. The first-order valence-electron chi connectivity index (χ1n) is 9.52. The van der Waals surface area contributed by atoms with Crippen molar-refractivity contribution in [1.29, 1.82) is 0 Å². The van der Waals surface area contributed by atoms with Crippen LogP contribution in [-0.4, -0.2) is 66.1 Å². The summed E-state index contributed by atoms with van der Waals surface area (Å²) in [5.74, 6) is 1.18. The minimum Gasteiger partial charge on any atom is -0.341 e. The molecule has 2 aliphatic heterocycles. The Hall–Kier alpha value is -1.24. The Balaban J connectivity index is 0.00000261. The van der Waals surface area contributed by atoms with Gasteiger partial charge in [-0.3, -0.25) is 9.59 Å². The summed E-state index contributed by atoms with van der Waals surface area (Å²) >= 11 is 1.74. The molecule has 2 heterocycles. The molecule has 0 saturated carbocycles. The van der Waals surface area contributed by atoms with Crippen molar-refractivity contribution in [2.75, 3.05) is 38.5 Å². The molecular weight excluding hydrogens is 382 g/mol. The van der Waals surface area contributed by atoms with Gasteiger partial charge in [0.25, 0.3) is 0 Å². The highest BCUT2D eigenvalue weighted by Crippen LogP contribution is 2.23. The minimum absolute atomic E-state index is 0. The van der Waals surface area contributed by atoms with Gasteiger partial charge in [-0.05, 0) is 49.9 Å². The summed E-state index contributed by atoms with van der Waals surface area (Å²) in [5, 5.41) is 3.11. The summed E-state index contributed by atoms with van der Waals surface area (Å²) in [4.78, 5) is 29.9. The molecule has 0 spiro atoms. The molecule has 27 heavy (non-hydrogen) atoms. The predicted molar refractivity (Wildman–Crippen MR) is 113 cm³/mol. The van der Waals surface area contributed by atoms with E-state index in [0.29, 0.717) is 19.5 Å². The van der Waals surface area contributed by atoms with E-state index in [1.54, 1.807) is 11.8 Å². The van der Waals surface area contributed by atoms with E-state index in [0.717, 1.165) is 38.2 Å². The molecule has 150 valence electrons. The van der Waals surface area contributed by atoms with Gasteiger partial charge in [0.15, 0.2) is 0 Å². The molecule has 2 aliphatic rings. The Kier molecular flexibility index (Phi) is 8.45. The topological polar surface area (TPSA) is 52.7 Å². The number of amides is 2. The lowest BCUT2D eigenvalue weighted by atomic mass is 10.0. The number of aryl methyl sites for hydroxylation is 2. The first-order chi connectivity index (χ1) is 12.5. The molecular formula is C20H30ClN3O2S. The summed E-state index contributed by atoms with van der Waals surface area (Å²) in [5.41, 5.74) is 2.59. The largest absolute Gasteiger partial charge is 0.341 e. The standard InChI is InChI=1S/C20H29N3O2S.ClH/c1-15-5-6-18(12-16(15)2)26-11-7-19(24)22-9-3-4-17(14-22)23-10-8-21-13-20(23)25;/h5-6,12,17,21H,3-4,7-11,13-14H2,1-2H3;1H. The fraction of sp³-hybridized carbons (Fsp3) is 0.600. The van der Waals surface area contributed by atoms with Crippen LogP contribution in [0.4, 0.5) is 0 Å². The van der Waals surface area contributed by atoms with E-state index in [9.17, 15) is 9.59 Å². The molecule has 1 atom stereocenters. The van der Waals surface area contributed by atoms with Gasteiger partial charge >= 0.3 is 0 Å². The van der Waals surface area contributed by atoms with Crippen molar-refractivity contribution in [1.82, 2.24) is 15.1 Å². The molecule has 5 nitrogen and oxygen atoms in total. The van der Waals surface area contributed by atoms with Crippen molar-refractivity contribution < 1.29 is 9.59 Å². The van der Waals surface area contributed by atoms with Crippen molar-refractivity contribution in [3.63, 3.8) is 0 Å². The predicted octanol–water partition coefficient (Wildman–Crippen LogP) is 2.63. The summed E-state index contributed by atoms with van der Waals surface area (Å²) in [7, 11) is 0. The molecule has 2 amide bonds. The van der Waals surface area contributed by atoms with Crippen LogP contribution in [0.3, 0.4) is 0 Å². The number of nitrogens with zero attached hydrogens (tertiary/aromatic N) is 2. The molecule has 2 saturated heterocycles. The smallest absolute Gasteiger partial charge is 0.236 e. The number of piperazine rings is 1. The van der Waals surface area contributed by atoms with Crippen LogP contribution in [0.25, 0.3) is 0 Å². The molecule has 0 aromatic heterocycles. The Labute approximate surface area is 172 Å². The van der Waals surface area contributed by atoms with Gasteiger partial charge in [0, 0.05) is 49.3 Å². The molecule has 3 rings (SSSR count). The second-order valence-corrected chi connectivity index (χ2v) is 8.41. The monoisotopic (exact) mass is 411 g/mol. The van der Waals surface area contributed by atoms with Crippen LogP contribution < -0.4 is 5.32 Å². The molecule has 1 aromatic carbocycles. The number of rotatable bonds is 5. The molecule has 0 aliphatic carbocycles. The highest BCUT2D eigenvalue weighted by Gasteiger charge is 2.31. The molecule has 7 heteroatoms. The van der Waals surface area contributed by atoms with E-state index in [2.05, 4.69) is 37.4 Å². The van der Waals surface area contributed by atoms with Crippen LogP contribution in [0.2, 0.25) is 0 Å². The minimum atomic E-state index is 0. The van der Waals surface area contributed by atoms with Crippen molar-refractivity contribution in [3.8, 4) is 0 Å². The summed E-state index contributed by atoms with van der Waals surface area (Å²) in [6.45, 7) is 7.79. The van der Waals surface area contributed by atoms with Crippen molar-refractivity contribution in [2.45, 2.75) is 44.0 Å². The highest BCUT2D eigenvalue weighted by atomic mass is 35.5. The van der Waals surface area contributed by atoms with Gasteiger partial charge in [-0.1, -0.05) is 6.07 Å². The summed E-state index contributed by atoms with van der Waals surface area (Å²) in [6, 6.07) is 6.65. The number of hydrogen-bond donors (Lipinski definition) is 1. The highest BCUT2D eigenvalue weighted by molar-refractivity contribution is 7.99. The number of likely N-dealkylation sites (tertiary alicyclic amines) is 1. The van der Waals surface area contributed by atoms with E-state index < -0.39 is 0 Å². The zero-order valence-corrected chi connectivity index (χ0v) is 17.8. The summed E-state index contributed by atoms with van der Waals surface area (Å²) < 4.78 is 0. The third-order valence-electron chi connectivity index (χ3n) is 5.38. The zero-order valence-electron chi connectivity index (χ0n) is 16.2. The maximum atomic E-state index is 12.6. The zero-order chi connectivity index (χ0) is 18.5. The second-order valence-electron chi connectivity index (χ2n) is 7.24. The van der Waals surface area contributed by atoms with Gasteiger partial charge in [0.05, 0.1) is 6.54 Å². The number of carbonyl (C=O) groups is 2. The molecule has 1 aromatic rings. The van der Waals surface area contributed by atoms with Crippen molar-refractivity contribution in [2.24, 2.45) is 0 Å². The van der Waals surface area contributed by atoms with E-state index in [4.69, 9.17) is 0 Å². The average molecular weight is 412 g/mol. The first kappa shape index (κ1) is 22.1. The van der Waals surface area contributed by atoms with Gasteiger partial charge in [0.2, 0.25) is 11.8 Å². The molecule has 2 fully saturated rings. The number of nitrogens with one attached hydrogen (secondary N) is 1. The Morgan fingerprint density at radius 1 is 1.26 bits per heavy atom. The van der Waals surface area contributed by atoms with Crippen LogP contribution in [0.1, 0.15) is 30.4 Å². The third kappa shape index (κ3) is 5.87. The lowest BCUT2D eigenvalue weighted by Gasteiger charge is -2.41. The van der Waals surface area contributed by atoms with Crippen LogP contribution in [0.5, 0.6) is 0 Å². The molecule has 1 unspecified atom stereocenters. The van der Waals surface area contributed by atoms with Gasteiger partial charge in [-0.15, -0.1) is 24.2 Å². The third-order valence-corrected chi connectivity index (χ3v) is 6.37. The number of benzene rings is 1. The Morgan fingerprint density at radius 3 is 2.81 bits per heavy atom. The molecule has 0 bridgehead atoms. The van der Waals surface area contributed by atoms with E-state index in [-0.39, 0.29) is 30.3 Å². The van der Waals surface area contributed by atoms with E-state index in [1.807, 2.05) is 9.80 Å². The van der Waals surface area contributed by atoms with Gasteiger partial charge in [-0.2, -0.15) is 0 Å². The summed E-state index contributed by atoms with van der Waals surface area (Å²) in [6.07, 6.45) is 2.55. The maximum absolute atomic E-state index is 12.6. The second kappa shape index (κ2) is 10.3. The quantitative estimate of drug-likeness (QED) is 0.757. The normalized spacial score (nSPS) is 20.4. The van der Waals surface area contributed by atoms with E-state index in [1.165, 1.54) is 16.0 Å². The van der Waals surface area contributed by atoms with Crippen molar-refractivity contribution >= 4 is 36.0 Å². The van der Waals surface area contributed by atoms with Gasteiger partial charge in [0.1, 0.15) is 0 Å². The van der Waals surface area contributed by atoms with E-state index >= 15 is 0 Å². The Bertz CT molecular complexity index is 671. The van der Waals surface area contributed by atoms with Crippen LogP contribution in [0.15, 0.2) is 23.1 Å². The number of halogens is 1. The number of thioether (sulfide) groups is 1. The van der Waals surface area contributed by atoms with Gasteiger partial charge in [-0.25, -0.2) is 0 Å². The van der Waals surface area contributed by atoms with Crippen LogP contribution in [-0.2, 0) is 9.59 Å². The SMILES string of the molecule is Cc1ccc(SCCC(=O)N2CCCC(N3CCNCC3=O)C2)cc1C.Cl. The molecule has 0 radical (unpaired) electrons. The number of carbonyl (C=O) groups excluding carboxylic acids is 2. The lowest BCUT2D eigenvalue weighted by Crippen LogP contribution is -2.57. The maximum Gasteiger partial charge on any atom is 0.236 e. The number of hydrogen-bond acceptors (Lipinski definition) is 4. The number of piperidine rings is 1. The fourth-order valence-electron chi connectivity index (χ4n) is 3.66. The lowest BCUT2D eigenvalue weighted by molar-refractivity contribution is -0.140. The Morgan fingerprint density at radius 2 is 2.07 bits per heavy atom. The fourth-order valence-corrected chi connectivity index (χ4v) is 4.60. The first-order valence-corrected chi connectivity index (χ1v) is 10.5. The van der Waals surface area contributed by atoms with Crippen LogP contribution >= 0.6 is 24.2 Å². The van der Waals surface area contributed by atoms with Gasteiger partial charge < -0.3 is 15.1 Å².